The lowest BCUT2D eigenvalue weighted by atomic mass is 10.1. The van der Waals surface area contributed by atoms with E-state index in [2.05, 4.69) is 10.6 Å². The molecule has 1 aromatic carbocycles. The number of nitrogens with one attached hydrogen (secondary N) is 2. The number of nitrogens with zero attached hydrogens (tertiary/aromatic N) is 1. The van der Waals surface area contributed by atoms with Crippen LogP contribution in [-0.2, 0) is 16.1 Å². The van der Waals surface area contributed by atoms with Gasteiger partial charge in [0.15, 0.2) is 0 Å². The lowest BCUT2D eigenvalue weighted by Crippen LogP contribution is -2.31. The summed E-state index contributed by atoms with van der Waals surface area (Å²) in [5, 5.41) is 6.06. The van der Waals surface area contributed by atoms with Crippen LogP contribution in [0.5, 0.6) is 0 Å². The van der Waals surface area contributed by atoms with Crippen LogP contribution in [0.25, 0.3) is 0 Å². The molecule has 1 amide bonds. The number of ether oxygens (including phenoxy) is 1. The monoisotopic (exact) mass is 321 g/mol. The van der Waals surface area contributed by atoms with E-state index in [1.807, 2.05) is 43.3 Å². The van der Waals surface area contributed by atoms with E-state index in [-0.39, 0.29) is 11.9 Å². The Labute approximate surface area is 138 Å². The molecule has 6 nitrogen and oxygen atoms in total. The second-order valence-corrected chi connectivity index (χ2v) is 5.49. The van der Waals surface area contributed by atoms with E-state index in [1.54, 1.807) is 6.92 Å². The van der Waals surface area contributed by atoms with E-state index < -0.39 is 0 Å². The summed E-state index contributed by atoms with van der Waals surface area (Å²) in [5.41, 5.74) is 1.72. The van der Waals surface area contributed by atoms with Crippen molar-refractivity contribution < 1.29 is 14.3 Å². The molecule has 0 fully saturated rings. The molecule has 2 N–H and O–H groups in total. The normalized spacial score (nSPS) is 10.6. The van der Waals surface area contributed by atoms with Crippen molar-refractivity contribution >= 4 is 11.9 Å². The zero-order valence-corrected chi connectivity index (χ0v) is 14.2. The van der Waals surface area contributed by atoms with Gasteiger partial charge in [-0.3, -0.25) is 9.59 Å². The number of carbonyl (C=O) groups is 2. The van der Waals surface area contributed by atoms with E-state index >= 15 is 0 Å². The Kier molecular flexibility index (Phi) is 8.94. The zero-order valence-electron chi connectivity index (χ0n) is 14.2. The molecule has 0 atom stereocenters. The average Bonchev–Trinajstić information content (AvgIpc) is 2.52. The van der Waals surface area contributed by atoms with Crippen LogP contribution in [0.1, 0.15) is 29.3 Å². The maximum Gasteiger partial charge on any atom is 0.307 e. The van der Waals surface area contributed by atoms with Crippen LogP contribution in [0.15, 0.2) is 24.3 Å². The van der Waals surface area contributed by atoms with Gasteiger partial charge in [0.1, 0.15) is 0 Å². The fourth-order valence-electron chi connectivity index (χ4n) is 1.93. The summed E-state index contributed by atoms with van der Waals surface area (Å²) in [4.78, 5) is 25.1. The van der Waals surface area contributed by atoms with Gasteiger partial charge in [0.05, 0.1) is 13.0 Å². The van der Waals surface area contributed by atoms with Crippen LogP contribution in [0.2, 0.25) is 0 Å². The predicted molar refractivity (Wildman–Crippen MR) is 90.3 cm³/mol. The number of likely N-dealkylation sites (N-methyl/N-ethyl adjacent to an activating group) is 1. The molecule has 0 saturated heterocycles. The number of hydrogen-bond acceptors (Lipinski definition) is 5. The number of hydrogen-bond donors (Lipinski definition) is 2. The van der Waals surface area contributed by atoms with E-state index in [1.165, 1.54) is 0 Å². The Morgan fingerprint density at radius 3 is 2.43 bits per heavy atom. The summed E-state index contributed by atoms with van der Waals surface area (Å²) in [6.07, 6.45) is 0.361. The molecular weight excluding hydrogens is 294 g/mol. The number of carbonyl (C=O) groups excluding carboxylic acids is 2. The Balaban J connectivity index is 2.30. The second kappa shape index (κ2) is 10.7. The highest BCUT2D eigenvalue weighted by atomic mass is 16.5. The van der Waals surface area contributed by atoms with Crippen molar-refractivity contribution in [3.05, 3.63) is 35.4 Å². The van der Waals surface area contributed by atoms with Gasteiger partial charge in [-0.1, -0.05) is 12.1 Å². The molecule has 0 aliphatic heterocycles. The SMILES string of the molecule is CCOC(=O)CCNCc1ccc(C(=O)NCCN(C)C)cc1. The minimum atomic E-state index is -0.190. The van der Waals surface area contributed by atoms with E-state index in [9.17, 15) is 9.59 Å². The third-order valence-corrected chi connectivity index (χ3v) is 3.20. The van der Waals surface area contributed by atoms with Gasteiger partial charge in [-0.25, -0.2) is 0 Å². The topological polar surface area (TPSA) is 70.7 Å². The number of rotatable bonds is 10. The molecule has 0 heterocycles. The first-order valence-electron chi connectivity index (χ1n) is 7.91. The Morgan fingerprint density at radius 2 is 1.83 bits per heavy atom. The van der Waals surface area contributed by atoms with Crippen molar-refractivity contribution in [3.8, 4) is 0 Å². The average molecular weight is 321 g/mol. The van der Waals surface area contributed by atoms with Gasteiger partial charge in [-0.2, -0.15) is 0 Å². The van der Waals surface area contributed by atoms with Crippen LogP contribution in [0, 0.1) is 0 Å². The Bertz CT molecular complexity index is 486. The van der Waals surface area contributed by atoms with Crippen LogP contribution < -0.4 is 10.6 Å². The van der Waals surface area contributed by atoms with Crippen LogP contribution >= 0.6 is 0 Å². The van der Waals surface area contributed by atoms with Crippen molar-refractivity contribution in [1.82, 2.24) is 15.5 Å². The Hall–Kier alpha value is -1.92. The first kappa shape index (κ1) is 19.1. The Morgan fingerprint density at radius 1 is 1.13 bits per heavy atom. The first-order chi connectivity index (χ1) is 11.0. The number of benzene rings is 1. The highest BCUT2D eigenvalue weighted by molar-refractivity contribution is 5.94. The number of amides is 1. The van der Waals surface area contributed by atoms with E-state index in [0.29, 0.717) is 38.2 Å². The summed E-state index contributed by atoms with van der Waals surface area (Å²) < 4.78 is 4.86. The number of esters is 1. The van der Waals surface area contributed by atoms with Crippen LogP contribution in [0.3, 0.4) is 0 Å². The zero-order chi connectivity index (χ0) is 17.1. The molecule has 0 aliphatic rings. The molecule has 1 rings (SSSR count). The van der Waals surface area contributed by atoms with Gasteiger partial charge in [0, 0.05) is 31.7 Å². The van der Waals surface area contributed by atoms with Gasteiger partial charge in [0.2, 0.25) is 0 Å². The maximum absolute atomic E-state index is 11.9. The van der Waals surface area contributed by atoms with Gasteiger partial charge in [-0.05, 0) is 38.7 Å². The van der Waals surface area contributed by atoms with Crippen LogP contribution in [-0.4, -0.2) is 57.1 Å². The van der Waals surface area contributed by atoms with Crippen molar-refractivity contribution in [2.24, 2.45) is 0 Å². The summed E-state index contributed by atoms with van der Waals surface area (Å²) >= 11 is 0. The molecule has 0 radical (unpaired) electrons. The lowest BCUT2D eigenvalue weighted by molar-refractivity contribution is -0.142. The van der Waals surface area contributed by atoms with Crippen molar-refractivity contribution in [2.45, 2.75) is 19.9 Å². The quantitative estimate of drug-likeness (QED) is 0.497. The summed E-state index contributed by atoms with van der Waals surface area (Å²) in [6, 6.07) is 7.46. The molecule has 23 heavy (non-hydrogen) atoms. The van der Waals surface area contributed by atoms with E-state index in [0.717, 1.165) is 12.1 Å². The molecular formula is C17H27N3O3. The van der Waals surface area contributed by atoms with E-state index in [4.69, 9.17) is 4.74 Å². The summed E-state index contributed by atoms with van der Waals surface area (Å²) in [6.45, 7) is 4.88. The highest BCUT2D eigenvalue weighted by Crippen LogP contribution is 2.04. The molecule has 0 unspecified atom stereocenters. The molecule has 1 aromatic rings. The minimum Gasteiger partial charge on any atom is -0.466 e. The maximum atomic E-state index is 11.9. The van der Waals surface area contributed by atoms with Crippen molar-refractivity contribution in [2.75, 3.05) is 40.3 Å². The first-order valence-corrected chi connectivity index (χ1v) is 7.91. The molecule has 0 aliphatic carbocycles. The summed E-state index contributed by atoms with van der Waals surface area (Å²) in [5.74, 6) is -0.251. The van der Waals surface area contributed by atoms with Gasteiger partial charge < -0.3 is 20.3 Å². The molecule has 0 bridgehead atoms. The minimum absolute atomic E-state index is 0.0614. The second-order valence-electron chi connectivity index (χ2n) is 5.49. The van der Waals surface area contributed by atoms with Gasteiger partial charge in [0.25, 0.3) is 5.91 Å². The van der Waals surface area contributed by atoms with Crippen molar-refractivity contribution in [3.63, 3.8) is 0 Å². The largest absolute Gasteiger partial charge is 0.466 e. The molecule has 0 spiro atoms. The molecule has 0 aromatic heterocycles. The van der Waals surface area contributed by atoms with Gasteiger partial charge >= 0.3 is 5.97 Å². The fourth-order valence-corrected chi connectivity index (χ4v) is 1.93. The smallest absolute Gasteiger partial charge is 0.307 e. The molecule has 6 heteroatoms. The van der Waals surface area contributed by atoms with Crippen molar-refractivity contribution in [1.29, 1.82) is 0 Å². The highest BCUT2D eigenvalue weighted by Gasteiger charge is 2.05. The molecule has 0 saturated carbocycles. The fraction of sp³-hybridized carbons (Fsp3) is 0.529. The third-order valence-electron chi connectivity index (χ3n) is 3.20. The van der Waals surface area contributed by atoms with Crippen LogP contribution in [0.4, 0.5) is 0 Å². The lowest BCUT2D eigenvalue weighted by Gasteiger charge is -2.10. The standard InChI is InChI=1S/C17H27N3O3/c1-4-23-16(21)9-10-18-13-14-5-7-15(8-6-14)17(22)19-11-12-20(2)3/h5-8,18H,4,9-13H2,1-3H3,(H,19,22). The molecule has 128 valence electrons. The predicted octanol–water partition coefficient (Wildman–Crippen LogP) is 1.02. The third kappa shape index (κ3) is 8.32. The summed E-state index contributed by atoms with van der Waals surface area (Å²) in [7, 11) is 3.94. The van der Waals surface area contributed by atoms with Gasteiger partial charge in [-0.15, -0.1) is 0 Å².